The van der Waals surface area contributed by atoms with Gasteiger partial charge in [0.25, 0.3) is 5.92 Å². The molecule has 0 N–H and O–H groups in total. The van der Waals surface area contributed by atoms with E-state index in [-0.39, 0.29) is 25.0 Å². The first-order valence-corrected chi connectivity index (χ1v) is 4.61. The molecule has 0 heterocycles. The van der Waals surface area contributed by atoms with Crippen molar-refractivity contribution >= 4 is 0 Å². The Hall–Kier alpha value is -0.990. The molecule has 1 unspecified atom stereocenters. The van der Waals surface area contributed by atoms with Crippen molar-refractivity contribution < 1.29 is 13.2 Å². The van der Waals surface area contributed by atoms with Crippen LogP contribution in [-0.2, 0) is 12.3 Å². The number of aryl methyl sites for hydroxylation is 1. The summed E-state index contributed by atoms with van der Waals surface area (Å²) >= 11 is 0. The molecule has 15 heavy (non-hydrogen) atoms. The molecule has 0 nitrogen and oxygen atoms in total. The molecule has 2 rings (SSSR count). The van der Waals surface area contributed by atoms with E-state index in [2.05, 4.69) is 0 Å². The average Bonchev–Trinajstić information content (AvgIpc) is 2.32. The molecular formula is C12H15F3. The summed E-state index contributed by atoms with van der Waals surface area (Å²) in [7, 11) is 0. The second-order valence-corrected chi connectivity index (χ2v) is 3.96. The van der Waals surface area contributed by atoms with Crippen molar-refractivity contribution in [2.45, 2.75) is 33.6 Å². The van der Waals surface area contributed by atoms with Gasteiger partial charge in [0, 0.05) is 5.92 Å². The Morgan fingerprint density at radius 3 is 2.53 bits per heavy atom. The summed E-state index contributed by atoms with van der Waals surface area (Å²) in [5.41, 5.74) is 0.355. The standard InChI is InChI=1S/C11H11F3.CH4/c1-6-3-4-8-5-7(2)11(13,14)9(8)10(6)12;/h3-4,7H,5H2,1-2H3;1H4. The van der Waals surface area contributed by atoms with Crippen LogP contribution in [0.1, 0.15) is 31.0 Å². The SMILES string of the molecule is C.Cc1ccc2c(c1F)C(F)(F)C(C)C2. The van der Waals surface area contributed by atoms with Gasteiger partial charge in [0.15, 0.2) is 0 Å². The molecule has 3 heteroatoms. The van der Waals surface area contributed by atoms with Crippen LogP contribution < -0.4 is 0 Å². The minimum Gasteiger partial charge on any atom is -0.206 e. The van der Waals surface area contributed by atoms with E-state index in [1.807, 2.05) is 0 Å². The monoisotopic (exact) mass is 216 g/mol. The average molecular weight is 216 g/mol. The first-order valence-electron chi connectivity index (χ1n) is 4.61. The van der Waals surface area contributed by atoms with E-state index >= 15 is 0 Å². The number of hydrogen-bond donors (Lipinski definition) is 0. The van der Waals surface area contributed by atoms with Crippen molar-refractivity contribution in [2.24, 2.45) is 5.92 Å². The Kier molecular flexibility index (Phi) is 2.85. The fourth-order valence-electron chi connectivity index (χ4n) is 1.96. The molecule has 1 aromatic carbocycles. The molecule has 0 amide bonds. The van der Waals surface area contributed by atoms with Crippen LogP contribution in [0.5, 0.6) is 0 Å². The summed E-state index contributed by atoms with van der Waals surface area (Å²) in [5, 5.41) is 0. The molecule has 1 atom stereocenters. The normalized spacial score (nSPS) is 22.1. The van der Waals surface area contributed by atoms with Crippen molar-refractivity contribution in [3.8, 4) is 0 Å². The lowest BCUT2D eigenvalue weighted by Gasteiger charge is -2.16. The summed E-state index contributed by atoms with van der Waals surface area (Å²) < 4.78 is 40.6. The van der Waals surface area contributed by atoms with Gasteiger partial charge < -0.3 is 0 Å². The van der Waals surface area contributed by atoms with Crippen molar-refractivity contribution in [2.75, 3.05) is 0 Å². The number of halogens is 3. The fourth-order valence-corrected chi connectivity index (χ4v) is 1.96. The predicted octanol–water partition coefficient (Wildman–Crippen LogP) is 4.05. The van der Waals surface area contributed by atoms with Crippen LogP contribution in [0.3, 0.4) is 0 Å². The zero-order valence-electron chi connectivity index (χ0n) is 8.07. The third-order valence-corrected chi connectivity index (χ3v) is 2.90. The Bertz CT molecular complexity index is 383. The molecule has 0 saturated heterocycles. The molecule has 0 fully saturated rings. The number of benzene rings is 1. The topological polar surface area (TPSA) is 0 Å². The number of alkyl halides is 2. The van der Waals surface area contributed by atoms with Gasteiger partial charge in [-0.15, -0.1) is 0 Å². The third-order valence-electron chi connectivity index (χ3n) is 2.90. The minimum absolute atomic E-state index is 0. The molecule has 1 aromatic rings. The Morgan fingerprint density at radius 2 is 1.93 bits per heavy atom. The van der Waals surface area contributed by atoms with Crippen LogP contribution in [0.2, 0.25) is 0 Å². The predicted molar refractivity (Wildman–Crippen MR) is 54.6 cm³/mol. The van der Waals surface area contributed by atoms with Gasteiger partial charge in [-0.25, -0.2) is 13.2 Å². The van der Waals surface area contributed by atoms with Crippen molar-refractivity contribution in [3.63, 3.8) is 0 Å². The van der Waals surface area contributed by atoms with Gasteiger partial charge in [0.05, 0.1) is 5.56 Å². The molecule has 0 spiro atoms. The van der Waals surface area contributed by atoms with E-state index < -0.39 is 17.7 Å². The highest BCUT2D eigenvalue weighted by atomic mass is 19.3. The maximum absolute atomic E-state index is 13.5. The smallest absolute Gasteiger partial charge is 0.206 e. The van der Waals surface area contributed by atoms with Crippen LogP contribution >= 0.6 is 0 Å². The summed E-state index contributed by atoms with van der Waals surface area (Å²) in [6.45, 7) is 2.96. The van der Waals surface area contributed by atoms with Gasteiger partial charge in [-0.05, 0) is 24.5 Å². The highest BCUT2D eigenvalue weighted by molar-refractivity contribution is 5.41. The van der Waals surface area contributed by atoms with Gasteiger partial charge in [-0.1, -0.05) is 26.5 Å². The molecule has 0 aliphatic heterocycles. The van der Waals surface area contributed by atoms with Gasteiger partial charge in [-0.2, -0.15) is 0 Å². The summed E-state index contributed by atoms with van der Waals surface area (Å²) in [4.78, 5) is 0. The van der Waals surface area contributed by atoms with E-state index in [0.717, 1.165) is 0 Å². The molecule has 1 aliphatic rings. The quantitative estimate of drug-likeness (QED) is 0.613. The molecule has 1 aliphatic carbocycles. The van der Waals surface area contributed by atoms with Crippen LogP contribution in [0.15, 0.2) is 12.1 Å². The summed E-state index contributed by atoms with van der Waals surface area (Å²) in [5.74, 6) is -4.54. The maximum Gasteiger partial charge on any atom is 0.279 e. The van der Waals surface area contributed by atoms with Crippen molar-refractivity contribution in [1.29, 1.82) is 0 Å². The number of hydrogen-bond acceptors (Lipinski definition) is 0. The maximum atomic E-state index is 13.5. The van der Waals surface area contributed by atoms with Crippen molar-refractivity contribution in [3.05, 3.63) is 34.6 Å². The Labute approximate surface area is 88.1 Å². The first kappa shape index (κ1) is 12.1. The van der Waals surface area contributed by atoms with Gasteiger partial charge in [0.2, 0.25) is 0 Å². The second-order valence-electron chi connectivity index (χ2n) is 3.96. The van der Waals surface area contributed by atoms with E-state index in [1.165, 1.54) is 13.8 Å². The van der Waals surface area contributed by atoms with Crippen LogP contribution in [0.25, 0.3) is 0 Å². The fraction of sp³-hybridized carbons (Fsp3) is 0.500. The first-order chi connectivity index (χ1) is 6.44. The number of fused-ring (bicyclic) bond motifs is 1. The highest BCUT2D eigenvalue weighted by Gasteiger charge is 2.48. The lowest BCUT2D eigenvalue weighted by molar-refractivity contribution is -0.0478. The van der Waals surface area contributed by atoms with Crippen LogP contribution in [0, 0.1) is 18.7 Å². The molecule has 84 valence electrons. The molecule has 0 radical (unpaired) electrons. The van der Waals surface area contributed by atoms with Crippen LogP contribution in [0.4, 0.5) is 13.2 Å². The molecular weight excluding hydrogens is 201 g/mol. The van der Waals surface area contributed by atoms with E-state index in [1.54, 1.807) is 12.1 Å². The zero-order chi connectivity index (χ0) is 10.5. The van der Waals surface area contributed by atoms with E-state index in [0.29, 0.717) is 5.56 Å². The summed E-state index contributed by atoms with van der Waals surface area (Å²) in [6, 6.07) is 3.16. The van der Waals surface area contributed by atoms with Gasteiger partial charge in [-0.3, -0.25) is 0 Å². The molecule has 0 bridgehead atoms. The van der Waals surface area contributed by atoms with Gasteiger partial charge >= 0.3 is 0 Å². The number of rotatable bonds is 0. The lowest BCUT2D eigenvalue weighted by Crippen LogP contribution is -2.19. The second kappa shape index (κ2) is 3.54. The molecule has 0 aromatic heterocycles. The summed E-state index contributed by atoms with van der Waals surface area (Å²) in [6.07, 6.45) is 0.263. The Balaban J connectivity index is 0.00000112. The minimum atomic E-state index is -3.01. The Morgan fingerprint density at radius 1 is 1.33 bits per heavy atom. The zero-order valence-corrected chi connectivity index (χ0v) is 8.07. The lowest BCUT2D eigenvalue weighted by atomic mass is 10.0. The third kappa shape index (κ3) is 1.54. The molecule has 0 saturated carbocycles. The van der Waals surface area contributed by atoms with Crippen molar-refractivity contribution in [1.82, 2.24) is 0 Å². The van der Waals surface area contributed by atoms with E-state index in [9.17, 15) is 13.2 Å². The largest absolute Gasteiger partial charge is 0.279 e. The highest BCUT2D eigenvalue weighted by Crippen LogP contribution is 2.47. The van der Waals surface area contributed by atoms with E-state index in [4.69, 9.17) is 0 Å². The van der Waals surface area contributed by atoms with Gasteiger partial charge in [0.1, 0.15) is 5.82 Å². The van der Waals surface area contributed by atoms with Crippen LogP contribution in [-0.4, -0.2) is 0 Å².